The molecule has 2 aromatic carbocycles. The van der Waals surface area contributed by atoms with Crippen molar-refractivity contribution in [1.82, 2.24) is 35.2 Å². The number of H-pyrrole nitrogens is 1. The number of tetrazole rings is 1. The van der Waals surface area contributed by atoms with Gasteiger partial charge in [0.25, 0.3) is 0 Å². The van der Waals surface area contributed by atoms with Gasteiger partial charge in [-0.05, 0) is 41.3 Å². The molecule has 0 saturated heterocycles. The van der Waals surface area contributed by atoms with Crippen molar-refractivity contribution < 1.29 is 9.90 Å². The first-order chi connectivity index (χ1) is 16.0. The molecule has 0 bridgehead atoms. The summed E-state index contributed by atoms with van der Waals surface area (Å²) in [5.41, 5.74) is 7.26. The third-order valence-corrected chi connectivity index (χ3v) is 5.66. The largest absolute Gasteiger partial charge is 0.477 e. The molecule has 0 radical (unpaired) electrons. The normalized spacial score (nSPS) is 11.2. The maximum absolute atomic E-state index is 11.5. The van der Waals surface area contributed by atoms with E-state index in [9.17, 15) is 9.90 Å². The van der Waals surface area contributed by atoms with E-state index in [2.05, 4.69) is 55.0 Å². The number of hydrogen-bond acceptors (Lipinski definition) is 6. The molecule has 0 atom stereocenters. The first-order valence-corrected chi connectivity index (χ1v) is 10.6. The van der Waals surface area contributed by atoms with Crippen LogP contribution in [0.25, 0.3) is 28.2 Å². The lowest BCUT2D eigenvalue weighted by molar-refractivity contribution is 0.0690. The van der Waals surface area contributed by atoms with Gasteiger partial charge in [-0.3, -0.25) is 0 Å². The quantitative estimate of drug-likeness (QED) is 0.413. The zero-order valence-corrected chi connectivity index (χ0v) is 18.1. The number of carboxylic acid groups (broad SMARTS) is 1. The molecule has 3 aromatic heterocycles. The van der Waals surface area contributed by atoms with Crippen molar-refractivity contribution in [1.29, 1.82) is 0 Å². The van der Waals surface area contributed by atoms with Crippen LogP contribution in [-0.4, -0.2) is 46.3 Å². The summed E-state index contributed by atoms with van der Waals surface area (Å²) in [6.07, 6.45) is 1.34. The number of aromatic nitrogens is 7. The summed E-state index contributed by atoms with van der Waals surface area (Å²) >= 11 is 0. The minimum absolute atomic E-state index is 0.0252. The number of hydrogen-bond donors (Lipinski definition) is 2. The van der Waals surface area contributed by atoms with E-state index in [1.807, 2.05) is 38.1 Å². The van der Waals surface area contributed by atoms with Crippen LogP contribution in [0, 0.1) is 6.92 Å². The van der Waals surface area contributed by atoms with Crippen LogP contribution in [0.1, 0.15) is 39.9 Å². The number of aromatic carboxylic acids is 1. The number of rotatable bonds is 6. The van der Waals surface area contributed by atoms with Crippen molar-refractivity contribution in [2.24, 2.45) is 0 Å². The monoisotopic (exact) mass is 439 g/mol. The van der Waals surface area contributed by atoms with Gasteiger partial charge in [0.05, 0.1) is 5.69 Å². The van der Waals surface area contributed by atoms with Crippen LogP contribution in [0.4, 0.5) is 0 Å². The molecule has 0 aliphatic heterocycles. The third-order valence-electron chi connectivity index (χ3n) is 5.66. The van der Waals surface area contributed by atoms with Gasteiger partial charge >= 0.3 is 5.97 Å². The maximum atomic E-state index is 11.5. The van der Waals surface area contributed by atoms with Crippen LogP contribution in [0.2, 0.25) is 0 Å². The van der Waals surface area contributed by atoms with Crippen LogP contribution in [0.3, 0.4) is 0 Å². The van der Waals surface area contributed by atoms with E-state index in [0.29, 0.717) is 17.9 Å². The highest BCUT2D eigenvalue weighted by Gasteiger charge is 2.18. The minimum Gasteiger partial charge on any atom is -0.477 e. The Hall–Kier alpha value is -4.40. The summed E-state index contributed by atoms with van der Waals surface area (Å²) in [7, 11) is 0. The molecule has 9 nitrogen and oxygen atoms in total. The second-order valence-electron chi connectivity index (χ2n) is 7.76. The first kappa shape index (κ1) is 20.5. The Bertz CT molecular complexity index is 1450. The van der Waals surface area contributed by atoms with E-state index in [1.54, 1.807) is 10.6 Å². The second kappa shape index (κ2) is 8.27. The molecule has 33 heavy (non-hydrogen) atoms. The highest BCUT2D eigenvalue weighted by molar-refractivity contribution is 5.86. The van der Waals surface area contributed by atoms with Gasteiger partial charge < -0.3 is 5.11 Å². The van der Waals surface area contributed by atoms with E-state index < -0.39 is 5.97 Å². The third kappa shape index (κ3) is 3.73. The number of carbonyl (C=O) groups is 1. The van der Waals surface area contributed by atoms with Crippen LogP contribution in [-0.2, 0) is 12.8 Å². The molecule has 0 spiro atoms. The Kier molecular flexibility index (Phi) is 5.14. The Morgan fingerprint density at radius 2 is 1.85 bits per heavy atom. The van der Waals surface area contributed by atoms with Gasteiger partial charge in [-0.15, -0.1) is 10.2 Å². The highest BCUT2D eigenvalue weighted by atomic mass is 16.4. The molecule has 9 heteroatoms. The first-order valence-electron chi connectivity index (χ1n) is 10.6. The molecular weight excluding hydrogens is 418 g/mol. The molecule has 0 saturated carbocycles. The summed E-state index contributed by atoms with van der Waals surface area (Å²) in [5, 5.41) is 28.5. The average molecular weight is 439 g/mol. The van der Waals surface area contributed by atoms with Crippen molar-refractivity contribution in [2.75, 3.05) is 0 Å². The van der Waals surface area contributed by atoms with Gasteiger partial charge in [0.1, 0.15) is 0 Å². The van der Waals surface area contributed by atoms with Crippen LogP contribution >= 0.6 is 0 Å². The molecule has 164 valence electrons. The fraction of sp³-hybridized carbons (Fsp3) is 0.167. The number of nitrogens with zero attached hydrogens (tertiary/aromatic N) is 6. The van der Waals surface area contributed by atoms with Gasteiger partial charge in [-0.1, -0.05) is 55.5 Å². The number of aromatic amines is 1. The van der Waals surface area contributed by atoms with Gasteiger partial charge in [0, 0.05) is 23.2 Å². The Labute approximate surface area is 189 Å². The smallest absolute Gasteiger partial charge is 0.354 e. The van der Waals surface area contributed by atoms with Crippen molar-refractivity contribution >= 4 is 11.6 Å². The van der Waals surface area contributed by atoms with Crippen molar-refractivity contribution in [3.63, 3.8) is 0 Å². The minimum atomic E-state index is -1.05. The molecule has 5 aromatic rings. The molecule has 0 aliphatic carbocycles. The van der Waals surface area contributed by atoms with Crippen LogP contribution in [0.15, 0.2) is 54.6 Å². The molecule has 0 fully saturated rings. The molecule has 5 rings (SSSR count). The Morgan fingerprint density at radius 3 is 2.52 bits per heavy atom. The lowest BCUT2D eigenvalue weighted by atomic mass is 9.96. The van der Waals surface area contributed by atoms with E-state index in [4.69, 9.17) is 0 Å². The van der Waals surface area contributed by atoms with Gasteiger partial charge in [-0.25, -0.2) is 14.3 Å². The van der Waals surface area contributed by atoms with E-state index in [-0.39, 0.29) is 5.69 Å². The number of nitrogens with one attached hydrogen (secondary N) is 1. The Morgan fingerprint density at radius 1 is 1.09 bits per heavy atom. The summed E-state index contributed by atoms with van der Waals surface area (Å²) < 4.78 is 1.73. The van der Waals surface area contributed by atoms with Gasteiger partial charge in [-0.2, -0.15) is 10.3 Å². The molecule has 0 unspecified atom stereocenters. The second-order valence-corrected chi connectivity index (χ2v) is 7.76. The molecule has 0 amide bonds. The Balaban J connectivity index is 1.52. The maximum Gasteiger partial charge on any atom is 0.354 e. The fourth-order valence-electron chi connectivity index (χ4n) is 4.04. The number of benzene rings is 2. The molecular formula is C24H21N7O2. The zero-order chi connectivity index (χ0) is 22.9. The number of aryl methyl sites for hydroxylation is 2. The summed E-state index contributed by atoms with van der Waals surface area (Å²) in [5.74, 6) is -0.500. The predicted octanol–water partition coefficient (Wildman–Crippen LogP) is 3.74. The topological polar surface area (TPSA) is 122 Å². The van der Waals surface area contributed by atoms with E-state index in [1.165, 1.54) is 0 Å². The van der Waals surface area contributed by atoms with Crippen molar-refractivity contribution in [2.45, 2.75) is 26.7 Å². The SMILES string of the molecule is CCc1nn2c(C)cc(C(=O)O)nc2c1Cc1ccc(-c2ccccc2-c2nn[nH]n2)cc1. The zero-order valence-electron chi connectivity index (χ0n) is 18.1. The van der Waals surface area contributed by atoms with Gasteiger partial charge in [0.2, 0.25) is 5.82 Å². The van der Waals surface area contributed by atoms with E-state index in [0.717, 1.165) is 45.6 Å². The van der Waals surface area contributed by atoms with Crippen molar-refractivity contribution in [3.8, 4) is 22.5 Å². The summed E-state index contributed by atoms with van der Waals surface area (Å²) in [6.45, 7) is 3.88. The summed E-state index contributed by atoms with van der Waals surface area (Å²) in [4.78, 5) is 15.9. The molecule has 3 heterocycles. The lowest BCUT2D eigenvalue weighted by Gasteiger charge is -2.08. The highest BCUT2D eigenvalue weighted by Crippen LogP contribution is 2.30. The van der Waals surface area contributed by atoms with Crippen molar-refractivity contribution in [3.05, 3.63) is 82.8 Å². The lowest BCUT2D eigenvalue weighted by Crippen LogP contribution is -2.06. The van der Waals surface area contributed by atoms with Crippen LogP contribution < -0.4 is 0 Å². The standard InChI is InChI=1S/C24H21N7O2/c1-3-20-19(23-25-21(24(32)33)12-14(2)31(23)28-20)13-15-8-10-16(11-9-15)17-6-4-5-7-18(17)22-26-29-30-27-22/h4-12H,3,13H2,1-2H3,(H,32,33)(H,26,27,29,30). The average Bonchev–Trinajstić information content (AvgIpc) is 3.48. The fourth-order valence-corrected chi connectivity index (χ4v) is 4.04. The van der Waals surface area contributed by atoms with Crippen LogP contribution in [0.5, 0.6) is 0 Å². The molecule has 0 aliphatic rings. The molecule has 2 N–H and O–H groups in total. The van der Waals surface area contributed by atoms with E-state index >= 15 is 0 Å². The number of carboxylic acids is 1. The summed E-state index contributed by atoms with van der Waals surface area (Å²) in [6, 6.07) is 17.7. The number of fused-ring (bicyclic) bond motifs is 1. The van der Waals surface area contributed by atoms with Gasteiger partial charge in [0.15, 0.2) is 11.3 Å². The predicted molar refractivity (Wildman–Crippen MR) is 122 cm³/mol.